The van der Waals surface area contributed by atoms with Crippen molar-refractivity contribution in [3.05, 3.63) is 29.3 Å². The Labute approximate surface area is 144 Å². The van der Waals surface area contributed by atoms with Crippen LogP contribution in [0.2, 0.25) is 0 Å². The maximum Gasteiger partial charge on any atom is 0.256 e. The van der Waals surface area contributed by atoms with Gasteiger partial charge >= 0.3 is 0 Å². The number of halogens is 1. The van der Waals surface area contributed by atoms with Crippen LogP contribution in [0, 0.1) is 6.92 Å². The van der Waals surface area contributed by atoms with E-state index in [0.717, 1.165) is 44.5 Å². The van der Waals surface area contributed by atoms with Crippen LogP contribution in [-0.4, -0.2) is 43.4 Å². The molecule has 0 bridgehead atoms. The van der Waals surface area contributed by atoms with Gasteiger partial charge in [-0.1, -0.05) is 12.1 Å². The number of benzene rings is 1. The third-order valence-corrected chi connectivity index (χ3v) is 3.98. The van der Waals surface area contributed by atoms with E-state index in [0.29, 0.717) is 17.7 Å². The minimum Gasteiger partial charge on any atom is -0.339 e. The molecule has 0 spiro atoms. The molecule has 1 aromatic carbocycles. The van der Waals surface area contributed by atoms with Gasteiger partial charge in [-0.05, 0) is 51.4 Å². The van der Waals surface area contributed by atoms with Crippen LogP contribution in [0.3, 0.4) is 0 Å². The van der Waals surface area contributed by atoms with Crippen molar-refractivity contribution in [1.82, 2.24) is 10.2 Å². The molecule has 0 aliphatic carbocycles. The molecule has 128 valence electrons. The second kappa shape index (κ2) is 9.53. The smallest absolute Gasteiger partial charge is 0.256 e. The number of carbonyl (C=O) groups is 2. The summed E-state index contributed by atoms with van der Waals surface area (Å²) in [5.74, 6) is -0.0163. The van der Waals surface area contributed by atoms with Gasteiger partial charge in [0, 0.05) is 19.5 Å². The maximum atomic E-state index is 12.7. The first-order chi connectivity index (χ1) is 10.6. The second-order valence-electron chi connectivity index (χ2n) is 5.75. The van der Waals surface area contributed by atoms with Gasteiger partial charge in [0.2, 0.25) is 5.91 Å². The molecule has 6 heteroatoms. The lowest BCUT2D eigenvalue weighted by molar-refractivity contribution is -0.116. The molecule has 23 heavy (non-hydrogen) atoms. The minimum atomic E-state index is -0.0451. The van der Waals surface area contributed by atoms with Crippen LogP contribution in [-0.2, 0) is 4.79 Å². The van der Waals surface area contributed by atoms with Crippen LogP contribution >= 0.6 is 12.4 Å². The Balaban J connectivity index is 0.00000264. The molecule has 2 amide bonds. The first-order valence-electron chi connectivity index (χ1n) is 7.97. The molecule has 5 nitrogen and oxygen atoms in total. The van der Waals surface area contributed by atoms with Gasteiger partial charge in [0.15, 0.2) is 0 Å². The third kappa shape index (κ3) is 5.22. The summed E-state index contributed by atoms with van der Waals surface area (Å²) in [6, 6.07) is 5.60. The number of anilines is 1. The minimum absolute atomic E-state index is 0. The van der Waals surface area contributed by atoms with Gasteiger partial charge in [-0.15, -0.1) is 12.4 Å². The number of hydrogen-bond donors (Lipinski definition) is 2. The lowest BCUT2D eigenvalue weighted by Gasteiger charge is -2.19. The molecule has 1 heterocycles. The maximum absolute atomic E-state index is 12.7. The first kappa shape index (κ1) is 19.5. The van der Waals surface area contributed by atoms with Crippen LogP contribution in [0.1, 0.15) is 41.6 Å². The SMILES string of the molecule is CNCCCC(=O)Nc1cccc(C)c1C(=O)N1CCCC1.Cl. The van der Waals surface area contributed by atoms with Gasteiger partial charge in [-0.25, -0.2) is 0 Å². The lowest BCUT2D eigenvalue weighted by Crippen LogP contribution is -2.29. The standard InChI is InChI=1S/C17H25N3O2.ClH/c1-13-7-5-8-14(19-15(21)9-6-10-18-2)16(13)17(22)20-11-3-4-12-20;/h5,7-8,18H,3-4,6,9-12H2,1-2H3,(H,19,21);1H. The number of aryl methyl sites for hydroxylation is 1. The van der Waals surface area contributed by atoms with Gasteiger partial charge < -0.3 is 15.5 Å². The number of likely N-dealkylation sites (tertiary alicyclic amines) is 1. The molecule has 0 atom stereocenters. The van der Waals surface area contributed by atoms with Crippen LogP contribution < -0.4 is 10.6 Å². The Hall–Kier alpha value is -1.59. The van der Waals surface area contributed by atoms with Gasteiger partial charge in [0.25, 0.3) is 5.91 Å². The zero-order valence-electron chi connectivity index (χ0n) is 13.9. The number of nitrogens with one attached hydrogen (secondary N) is 2. The molecular formula is C17H26ClN3O2. The topological polar surface area (TPSA) is 61.4 Å². The van der Waals surface area contributed by atoms with Crippen molar-refractivity contribution < 1.29 is 9.59 Å². The average molecular weight is 340 g/mol. The fraction of sp³-hybridized carbons (Fsp3) is 0.529. The third-order valence-electron chi connectivity index (χ3n) is 3.98. The van der Waals surface area contributed by atoms with E-state index >= 15 is 0 Å². The monoisotopic (exact) mass is 339 g/mol. The van der Waals surface area contributed by atoms with E-state index in [4.69, 9.17) is 0 Å². The molecule has 0 unspecified atom stereocenters. The van der Waals surface area contributed by atoms with Crippen molar-refractivity contribution in [1.29, 1.82) is 0 Å². The summed E-state index contributed by atoms with van der Waals surface area (Å²) in [6.45, 7) is 4.34. The highest BCUT2D eigenvalue weighted by atomic mass is 35.5. The fourth-order valence-electron chi connectivity index (χ4n) is 2.77. The predicted molar refractivity (Wildman–Crippen MR) is 95.4 cm³/mol. The summed E-state index contributed by atoms with van der Waals surface area (Å²) in [4.78, 5) is 26.6. The van der Waals surface area contributed by atoms with Gasteiger partial charge in [0.1, 0.15) is 0 Å². The summed E-state index contributed by atoms with van der Waals surface area (Å²) in [5, 5.41) is 5.92. The Morgan fingerprint density at radius 3 is 2.57 bits per heavy atom. The zero-order valence-corrected chi connectivity index (χ0v) is 14.7. The molecule has 2 N–H and O–H groups in total. The van der Waals surface area contributed by atoms with Gasteiger partial charge in [0.05, 0.1) is 11.3 Å². The van der Waals surface area contributed by atoms with Gasteiger partial charge in [-0.3, -0.25) is 9.59 Å². The summed E-state index contributed by atoms with van der Waals surface area (Å²) in [6.07, 6.45) is 3.35. The number of hydrogen-bond acceptors (Lipinski definition) is 3. The predicted octanol–water partition coefficient (Wildman–Crippen LogP) is 2.59. The van der Waals surface area contributed by atoms with Gasteiger partial charge in [-0.2, -0.15) is 0 Å². The Kier molecular flexibility index (Phi) is 8.06. The summed E-state index contributed by atoms with van der Waals surface area (Å²) in [5.41, 5.74) is 2.17. The number of carbonyl (C=O) groups excluding carboxylic acids is 2. The zero-order chi connectivity index (χ0) is 15.9. The highest BCUT2D eigenvalue weighted by molar-refractivity contribution is 6.04. The van der Waals surface area contributed by atoms with Crippen LogP contribution in [0.5, 0.6) is 0 Å². The van der Waals surface area contributed by atoms with Crippen LogP contribution in [0.25, 0.3) is 0 Å². The number of rotatable bonds is 6. The van der Waals surface area contributed by atoms with Crippen molar-refractivity contribution in [2.75, 3.05) is 32.0 Å². The molecule has 2 rings (SSSR count). The Bertz CT molecular complexity index is 543. The molecule has 0 aromatic heterocycles. The molecule has 1 saturated heterocycles. The van der Waals surface area contributed by atoms with Crippen molar-refractivity contribution in [3.63, 3.8) is 0 Å². The molecule has 1 aliphatic rings. The van der Waals surface area contributed by atoms with Crippen LogP contribution in [0.15, 0.2) is 18.2 Å². The Morgan fingerprint density at radius 1 is 1.22 bits per heavy atom. The first-order valence-corrected chi connectivity index (χ1v) is 7.97. The van der Waals surface area contributed by atoms with E-state index in [1.165, 1.54) is 0 Å². The van der Waals surface area contributed by atoms with Crippen molar-refractivity contribution in [2.45, 2.75) is 32.6 Å². The average Bonchev–Trinajstić information content (AvgIpc) is 3.01. The normalized spacial score (nSPS) is 13.6. The quantitative estimate of drug-likeness (QED) is 0.783. The molecule has 1 fully saturated rings. The molecule has 1 aromatic rings. The van der Waals surface area contributed by atoms with E-state index < -0.39 is 0 Å². The van der Waals surface area contributed by atoms with E-state index in [1.807, 2.05) is 37.1 Å². The van der Waals surface area contributed by atoms with E-state index in [-0.39, 0.29) is 24.2 Å². The summed E-state index contributed by atoms with van der Waals surface area (Å²) in [7, 11) is 1.87. The molecule has 0 radical (unpaired) electrons. The number of nitrogens with zero attached hydrogens (tertiary/aromatic N) is 1. The van der Waals surface area contributed by atoms with E-state index in [1.54, 1.807) is 0 Å². The van der Waals surface area contributed by atoms with Crippen molar-refractivity contribution in [2.24, 2.45) is 0 Å². The molecule has 0 saturated carbocycles. The molecule has 1 aliphatic heterocycles. The molecular weight excluding hydrogens is 314 g/mol. The Morgan fingerprint density at radius 2 is 1.91 bits per heavy atom. The van der Waals surface area contributed by atoms with E-state index in [9.17, 15) is 9.59 Å². The summed E-state index contributed by atoms with van der Waals surface area (Å²) >= 11 is 0. The van der Waals surface area contributed by atoms with Crippen molar-refractivity contribution >= 4 is 29.9 Å². The second-order valence-corrected chi connectivity index (χ2v) is 5.75. The number of amides is 2. The van der Waals surface area contributed by atoms with E-state index in [2.05, 4.69) is 10.6 Å². The lowest BCUT2D eigenvalue weighted by atomic mass is 10.0. The van der Waals surface area contributed by atoms with Crippen molar-refractivity contribution in [3.8, 4) is 0 Å². The summed E-state index contributed by atoms with van der Waals surface area (Å²) < 4.78 is 0. The highest BCUT2D eigenvalue weighted by Gasteiger charge is 2.23. The highest BCUT2D eigenvalue weighted by Crippen LogP contribution is 2.23. The van der Waals surface area contributed by atoms with Crippen LogP contribution in [0.4, 0.5) is 5.69 Å². The fourth-order valence-corrected chi connectivity index (χ4v) is 2.77. The largest absolute Gasteiger partial charge is 0.339 e.